The summed E-state index contributed by atoms with van der Waals surface area (Å²) in [5, 5.41) is 4.58. The van der Waals surface area contributed by atoms with Crippen molar-refractivity contribution in [1.82, 2.24) is 19.6 Å². The van der Waals surface area contributed by atoms with Crippen LogP contribution in [0, 0.1) is 0 Å². The molecular formula is C22H27FN4O3. The molecule has 2 aliphatic heterocycles. The second kappa shape index (κ2) is 7.11. The fraction of sp³-hybridized carbons (Fsp3) is 0.500. The summed E-state index contributed by atoms with van der Waals surface area (Å²) in [6.07, 6.45) is 0.0718. The number of carbonyl (C=O) groups excluding carboxylic acids is 2. The molecule has 8 heteroatoms. The van der Waals surface area contributed by atoms with Crippen LogP contribution in [0.1, 0.15) is 48.1 Å². The Morgan fingerprint density at radius 3 is 2.57 bits per heavy atom. The maximum absolute atomic E-state index is 16.1. The largest absolute Gasteiger partial charge is 0.444 e. The van der Waals surface area contributed by atoms with Crippen LogP contribution >= 0.6 is 0 Å². The molecule has 3 heterocycles. The lowest BCUT2D eigenvalue weighted by Crippen LogP contribution is -2.41. The topological polar surface area (TPSA) is 67.7 Å². The lowest BCUT2D eigenvalue weighted by molar-refractivity contribution is 0.0222. The second-order valence-electron chi connectivity index (χ2n) is 9.08. The smallest absolute Gasteiger partial charge is 0.410 e. The van der Waals surface area contributed by atoms with Crippen molar-refractivity contribution in [2.75, 3.05) is 20.1 Å². The lowest BCUT2D eigenvalue weighted by atomic mass is 9.95. The first-order valence-electron chi connectivity index (χ1n) is 10.1. The van der Waals surface area contributed by atoms with Gasteiger partial charge in [0.1, 0.15) is 11.3 Å². The first kappa shape index (κ1) is 20.4. The number of hydrogen-bond donors (Lipinski definition) is 0. The molecule has 0 fully saturated rings. The van der Waals surface area contributed by atoms with Gasteiger partial charge in [-0.05, 0) is 26.3 Å². The predicted octanol–water partition coefficient (Wildman–Crippen LogP) is 3.13. The van der Waals surface area contributed by atoms with Gasteiger partial charge in [-0.2, -0.15) is 5.10 Å². The van der Waals surface area contributed by atoms with Gasteiger partial charge in [0.25, 0.3) is 5.91 Å². The Bertz CT molecular complexity index is 982. The molecule has 0 bridgehead atoms. The molecule has 160 valence electrons. The molecule has 0 N–H and O–H groups in total. The van der Waals surface area contributed by atoms with Crippen LogP contribution in [0.3, 0.4) is 0 Å². The van der Waals surface area contributed by atoms with Gasteiger partial charge in [0, 0.05) is 25.6 Å². The van der Waals surface area contributed by atoms with E-state index in [1.54, 1.807) is 36.2 Å². The Morgan fingerprint density at radius 2 is 1.90 bits per heavy atom. The van der Waals surface area contributed by atoms with E-state index in [0.717, 1.165) is 5.69 Å². The summed E-state index contributed by atoms with van der Waals surface area (Å²) in [6, 6.07) is 8.88. The minimum atomic E-state index is -1.75. The monoisotopic (exact) mass is 414 g/mol. The summed E-state index contributed by atoms with van der Waals surface area (Å²) in [4.78, 5) is 28.7. The van der Waals surface area contributed by atoms with Crippen molar-refractivity contribution in [3.05, 3.63) is 52.8 Å². The highest BCUT2D eigenvalue weighted by molar-refractivity contribution is 5.94. The van der Waals surface area contributed by atoms with Crippen molar-refractivity contribution < 1.29 is 18.7 Å². The zero-order valence-electron chi connectivity index (χ0n) is 17.8. The molecule has 0 saturated carbocycles. The van der Waals surface area contributed by atoms with Gasteiger partial charge in [-0.1, -0.05) is 30.3 Å². The molecule has 0 spiro atoms. The number of rotatable bonds is 1. The van der Waals surface area contributed by atoms with Crippen LogP contribution in [0.2, 0.25) is 0 Å². The summed E-state index contributed by atoms with van der Waals surface area (Å²) in [5.41, 5.74) is -0.0637. The highest BCUT2D eigenvalue weighted by Gasteiger charge is 2.43. The van der Waals surface area contributed by atoms with Crippen LogP contribution in [0.15, 0.2) is 30.3 Å². The van der Waals surface area contributed by atoms with Crippen molar-refractivity contribution in [2.45, 2.75) is 51.6 Å². The van der Waals surface area contributed by atoms with E-state index < -0.39 is 17.4 Å². The molecule has 0 radical (unpaired) electrons. The first-order valence-corrected chi connectivity index (χ1v) is 10.1. The van der Waals surface area contributed by atoms with Crippen molar-refractivity contribution in [3.63, 3.8) is 0 Å². The number of hydrogen-bond acceptors (Lipinski definition) is 4. The number of alkyl halides is 1. The number of likely N-dealkylation sites (N-methyl/N-ethyl adjacent to an activating group) is 1. The van der Waals surface area contributed by atoms with E-state index in [-0.39, 0.29) is 25.5 Å². The SMILES string of the molecule is CN1CC(F)(c2ccccc2)Cn2nc3c(c2C1=O)CN(C(=O)OC(C)(C)C)CC3. The van der Waals surface area contributed by atoms with Gasteiger partial charge in [-0.3, -0.25) is 9.48 Å². The van der Waals surface area contributed by atoms with Gasteiger partial charge in [-0.15, -0.1) is 0 Å². The molecule has 4 rings (SSSR count). The standard InChI is InChI=1S/C22H27FN4O3/c1-21(2,3)30-20(29)26-11-10-17-16(12-26)18-19(28)25(4)13-22(23,14-27(18)24-17)15-8-6-5-7-9-15/h5-9H,10-14H2,1-4H3. The molecule has 1 unspecified atom stereocenters. The molecule has 1 aromatic heterocycles. The van der Waals surface area contributed by atoms with E-state index in [1.807, 2.05) is 26.8 Å². The van der Waals surface area contributed by atoms with Gasteiger partial charge >= 0.3 is 6.09 Å². The van der Waals surface area contributed by atoms with Gasteiger partial charge in [0.2, 0.25) is 0 Å². The number of benzene rings is 1. The molecule has 1 atom stereocenters. The number of ether oxygens (including phenoxy) is 1. The Kier molecular flexibility index (Phi) is 4.83. The van der Waals surface area contributed by atoms with Crippen molar-refractivity contribution in [3.8, 4) is 0 Å². The predicted molar refractivity (Wildman–Crippen MR) is 109 cm³/mol. The zero-order chi connectivity index (χ0) is 21.7. The second-order valence-corrected chi connectivity index (χ2v) is 9.08. The summed E-state index contributed by atoms with van der Waals surface area (Å²) in [6.45, 7) is 6.00. The fourth-order valence-corrected chi connectivity index (χ4v) is 4.10. The lowest BCUT2D eigenvalue weighted by Gasteiger charge is -2.30. The van der Waals surface area contributed by atoms with E-state index in [1.165, 1.54) is 9.58 Å². The fourth-order valence-electron chi connectivity index (χ4n) is 4.10. The molecule has 30 heavy (non-hydrogen) atoms. The zero-order valence-corrected chi connectivity index (χ0v) is 17.8. The highest BCUT2D eigenvalue weighted by Crippen LogP contribution is 2.35. The van der Waals surface area contributed by atoms with E-state index >= 15 is 4.39 Å². The van der Waals surface area contributed by atoms with Gasteiger partial charge < -0.3 is 14.5 Å². The third-order valence-electron chi connectivity index (χ3n) is 5.48. The maximum atomic E-state index is 16.1. The van der Waals surface area contributed by atoms with Crippen LogP contribution in [-0.4, -0.2) is 57.3 Å². The normalized spacial score (nSPS) is 21.7. The Labute approximate surface area is 175 Å². The number of nitrogens with zero attached hydrogens (tertiary/aromatic N) is 4. The molecule has 1 aromatic carbocycles. The van der Waals surface area contributed by atoms with E-state index in [9.17, 15) is 9.59 Å². The molecule has 0 aliphatic carbocycles. The Balaban J connectivity index is 1.69. The maximum Gasteiger partial charge on any atom is 0.410 e. The summed E-state index contributed by atoms with van der Waals surface area (Å²) in [5.74, 6) is -0.287. The average molecular weight is 414 g/mol. The number of carbonyl (C=O) groups is 2. The van der Waals surface area contributed by atoms with Crippen molar-refractivity contribution >= 4 is 12.0 Å². The van der Waals surface area contributed by atoms with Crippen LogP contribution < -0.4 is 0 Å². The van der Waals surface area contributed by atoms with Crippen molar-refractivity contribution in [2.24, 2.45) is 0 Å². The summed E-state index contributed by atoms with van der Waals surface area (Å²) in [7, 11) is 1.60. The van der Waals surface area contributed by atoms with Gasteiger partial charge in [-0.25, -0.2) is 9.18 Å². The van der Waals surface area contributed by atoms with Gasteiger partial charge in [0.05, 0.1) is 25.3 Å². The first-order chi connectivity index (χ1) is 14.1. The molecule has 2 aliphatic rings. The van der Waals surface area contributed by atoms with E-state index in [0.29, 0.717) is 29.8 Å². The Hall–Kier alpha value is -2.90. The van der Waals surface area contributed by atoms with E-state index in [4.69, 9.17) is 4.74 Å². The van der Waals surface area contributed by atoms with E-state index in [2.05, 4.69) is 5.10 Å². The van der Waals surface area contributed by atoms with Crippen LogP contribution in [0.5, 0.6) is 0 Å². The Morgan fingerprint density at radius 1 is 1.20 bits per heavy atom. The highest BCUT2D eigenvalue weighted by atomic mass is 19.1. The minimum Gasteiger partial charge on any atom is -0.444 e. The molecular weight excluding hydrogens is 387 g/mol. The molecule has 7 nitrogen and oxygen atoms in total. The van der Waals surface area contributed by atoms with Crippen LogP contribution in [0.25, 0.3) is 0 Å². The average Bonchev–Trinajstić information content (AvgIpc) is 2.98. The third kappa shape index (κ3) is 3.66. The number of amides is 2. The summed E-state index contributed by atoms with van der Waals surface area (Å²) >= 11 is 0. The quantitative estimate of drug-likeness (QED) is 0.719. The molecule has 0 saturated heterocycles. The van der Waals surface area contributed by atoms with Crippen LogP contribution in [-0.2, 0) is 29.9 Å². The van der Waals surface area contributed by atoms with Crippen molar-refractivity contribution in [1.29, 1.82) is 0 Å². The number of fused-ring (bicyclic) bond motifs is 3. The number of aromatic nitrogens is 2. The molecule has 2 amide bonds. The third-order valence-corrected chi connectivity index (χ3v) is 5.48. The molecule has 2 aromatic rings. The number of halogens is 1. The van der Waals surface area contributed by atoms with Crippen LogP contribution in [0.4, 0.5) is 9.18 Å². The summed E-state index contributed by atoms with van der Waals surface area (Å²) < 4.78 is 23.1. The minimum absolute atomic E-state index is 0.0537. The van der Waals surface area contributed by atoms with Gasteiger partial charge in [0.15, 0.2) is 5.67 Å².